The van der Waals surface area contributed by atoms with Crippen molar-refractivity contribution in [2.45, 2.75) is 25.8 Å². The number of anilines is 1. The van der Waals surface area contributed by atoms with Crippen molar-refractivity contribution in [2.24, 2.45) is 0 Å². The van der Waals surface area contributed by atoms with E-state index >= 15 is 0 Å². The Labute approximate surface area is 95.2 Å². The van der Waals surface area contributed by atoms with Gasteiger partial charge < -0.3 is 15.2 Å². The number of methoxy groups -OCH3 is 1. The summed E-state index contributed by atoms with van der Waals surface area (Å²) in [6, 6.07) is 6.71. The Balaban J connectivity index is 2.72. The third-order valence-electron chi connectivity index (χ3n) is 2.29. The number of carbonyl (C=O) groups is 1. The zero-order valence-corrected chi connectivity index (χ0v) is 9.56. The standard InChI is InChI=1S/C12H17NO3/c1-3-5-11(12(14)15)13-9-6-4-7-10(8-9)16-2/h4,6-8,11,13H,3,5H2,1-2H3,(H,14,15)/t11-/m0/s1. The summed E-state index contributed by atoms with van der Waals surface area (Å²) < 4.78 is 5.07. The molecule has 0 heterocycles. The number of nitrogens with one attached hydrogen (secondary N) is 1. The minimum atomic E-state index is -0.829. The monoisotopic (exact) mass is 223 g/mol. The van der Waals surface area contributed by atoms with Crippen molar-refractivity contribution >= 4 is 11.7 Å². The molecule has 0 fully saturated rings. The van der Waals surface area contributed by atoms with E-state index in [1.54, 1.807) is 13.2 Å². The van der Waals surface area contributed by atoms with Gasteiger partial charge in [0.2, 0.25) is 0 Å². The fourth-order valence-corrected chi connectivity index (χ4v) is 1.46. The molecule has 1 aromatic carbocycles. The lowest BCUT2D eigenvalue weighted by Gasteiger charge is -2.15. The Kier molecular flexibility index (Phi) is 4.64. The number of hydrogen-bond donors (Lipinski definition) is 2. The molecule has 16 heavy (non-hydrogen) atoms. The van der Waals surface area contributed by atoms with E-state index in [2.05, 4.69) is 5.32 Å². The van der Waals surface area contributed by atoms with E-state index in [1.807, 2.05) is 25.1 Å². The molecule has 0 saturated heterocycles. The lowest BCUT2D eigenvalue weighted by molar-refractivity contribution is -0.138. The molecule has 0 amide bonds. The maximum absolute atomic E-state index is 11.0. The van der Waals surface area contributed by atoms with Gasteiger partial charge in [-0.2, -0.15) is 0 Å². The minimum absolute atomic E-state index is 0.544. The third kappa shape index (κ3) is 3.46. The van der Waals surface area contributed by atoms with Gasteiger partial charge in [0.25, 0.3) is 0 Å². The number of rotatable bonds is 6. The molecule has 0 aliphatic heterocycles. The highest BCUT2D eigenvalue weighted by molar-refractivity contribution is 5.77. The van der Waals surface area contributed by atoms with E-state index in [0.29, 0.717) is 12.2 Å². The van der Waals surface area contributed by atoms with Crippen molar-refractivity contribution in [1.82, 2.24) is 0 Å². The van der Waals surface area contributed by atoms with Gasteiger partial charge in [-0.1, -0.05) is 19.4 Å². The molecule has 0 saturated carbocycles. The Hall–Kier alpha value is -1.71. The van der Waals surface area contributed by atoms with Gasteiger partial charge in [-0.25, -0.2) is 4.79 Å². The molecular formula is C12H17NO3. The largest absolute Gasteiger partial charge is 0.497 e. The van der Waals surface area contributed by atoms with Crippen LogP contribution in [0.4, 0.5) is 5.69 Å². The normalized spacial score (nSPS) is 11.9. The highest BCUT2D eigenvalue weighted by atomic mass is 16.5. The van der Waals surface area contributed by atoms with E-state index < -0.39 is 12.0 Å². The van der Waals surface area contributed by atoms with Gasteiger partial charge in [0.15, 0.2) is 0 Å². The van der Waals surface area contributed by atoms with Gasteiger partial charge in [-0.05, 0) is 18.6 Å². The molecule has 88 valence electrons. The molecule has 1 rings (SSSR count). The zero-order chi connectivity index (χ0) is 12.0. The van der Waals surface area contributed by atoms with Crippen LogP contribution in [0.2, 0.25) is 0 Å². The van der Waals surface area contributed by atoms with Gasteiger partial charge in [0, 0.05) is 11.8 Å². The molecule has 2 N–H and O–H groups in total. The van der Waals surface area contributed by atoms with E-state index in [0.717, 1.165) is 12.1 Å². The molecule has 0 aliphatic rings. The maximum atomic E-state index is 11.0. The topological polar surface area (TPSA) is 58.6 Å². The van der Waals surface area contributed by atoms with Crippen LogP contribution in [-0.4, -0.2) is 24.2 Å². The third-order valence-corrected chi connectivity index (χ3v) is 2.29. The predicted octanol–water partition coefficient (Wildman–Crippen LogP) is 2.36. The average Bonchev–Trinajstić information content (AvgIpc) is 2.28. The van der Waals surface area contributed by atoms with Crippen LogP contribution < -0.4 is 10.1 Å². The summed E-state index contributed by atoms with van der Waals surface area (Å²) in [6.07, 6.45) is 1.43. The van der Waals surface area contributed by atoms with Crippen LogP contribution in [0.1, 0.15) is 19.8 Å². The number of ether oxygens (including phenoxy) is 1. The van der Waals surface area contributed by atoms with Crippen molar-refractivity contribution in [1.29, 1.82) is 0 Å². The van der Waals surface area contributed by atoms with Crippen molar-refractivity contribution < 1.29 is 14.6 Å². The van der Waals surface area contributed by atoms with E-state index in [-0.39, 0.29) is 0 Å². The van der Waals surface area contributed by atoms with Crippen LogP contribution in [-0.2, 0) is 4.79 Å². The smallest absolute Gasteiger partial charge is 0.326 e. The molecule has 0 radical (unpaired) electrons. The maximum Gasteiger partial charge on any atom is 0.326 e. The lowest BCUT2D eigenvalue weighted by atomic mass is 10.1. The van der Waals surface area contributed by atoms with Gasteiger partial charge in [0.1, 0.15) is 11.8 Å². The molecule has 1 aromatic rings. The van der Waals surface area contributed by atoms with Gasteiger partial charge in [-0.3, -0.25) is 0 Å². The second kappa shape index (κ2) is 6.00. The summed E-state index contributed by atoms with van der Waals surface area (Å²) in [7, 11) is 1.58. The Morgan fingerprint density at radius 1 is 1.56 bits per heavy atom. The fraction of sp³-hybridized carbons (Fsp3) is 0.417. The highest BCUT2D eigenvalue weighted by Crippen LogP contribution is 2.18. The minimum Gasteiger partial charge on any atom is -0.497 e. The van der Waals surface area contributed by atoms with Crippen LogP contribution in [0.25, 0.3) is 0 Å². The van der Waals surface area contributed by atoms with Gasteiger partial charge >= 0.3 is 5.97 Å². The Morgan fingerprint density at radius 2 is 2.31 bits per heavy atom. The highest BCUT2D eigenvalue weighted by Gasteiger charge is 2.15. The van der Waals surface area contributed by atoms with Gasteiger partial charge in [-0.15, -0.1) is 0 Å². The molecule has 0 unspecified atom stereocenters. The van der Waals surface area contributed by atoms with E-state index in [1.165, 1.54) is 0 Å². The number of benzene rings is 1. The summed E-state index contributed by atoms with van der Waals surface area (Å²) in [5.74, 6) is -0.115. The first-order valence-corrected chi connectivity index (χ1v) is 5.30. The van der Waals surface area contributed by atoms with E-state index in [9.17, 15) is 4.79 Å². The fourth-order valence-electron chi connectivity index (χ4n) is 1.46. The first-order chi connectivity index (χ1) is 7.67. The van der Waals surface area contributed by atoms with Crippen molar-refractivity contribution in [2.75, 3.05) is 12.4 Å². The number of hydrogen-bond acceptors (Lipinski definition) is 3. The number of carboxylic acids is 1. The zero-order valence-electron chi connectivity index (χ0n) is 9.56. The molecule has 4 nitrogen and oxygen atoms in total. The second-order valence-electron chi connectivity index (χ2n) is 3.56. The average molecular weight is 223 g/mol. The quantitative estimate of drug-likeness (QED) is 0.777. The van der Waals surface area contributed by atoms with Crippen LogP contribution in [0.5, 0.6) is 5.75 Å². The number of aliphatic carboxylic acids is 1. The van der Waals surface area contributed by atoms with Crippen LogP contribution in [0.15, 0.2) is 24.3 Å². The molecule has 0 spiro atoms. The molecule has 0 aliphatic carbocycles. The Bertz CT molecular complexity index is 352. The lowest BCUT2D eigenvalue weighted by Crippen LogP contribution is -2.28. The number of carboxylic acid groups (broad SMARTS) is 1. The molecule has 4 heteroatoms. The summed E-state index contributed by atoms with van der Waals surface area (Å²) >= 11 is 0. The van der Waals surface area contributed by atoms with Crippen LogP contribution in [0, 0.1) is 0 Å². The summed E-state index contributed by atoms with van der Waals surface area (Å²) in [5, 5.41) is 12.0. The first kappa shape index (κ1) is 12.4. The van der Waals surface area contributed by atoms with Crippen LogP contribution >= 0.6 is 0 Å². The summed E-state index contributed by atoms with van der Waals surface area (Å²) in [4.78, 5) is 11.0. The van der Waals surface area contributed by atoms with Crippen molar-refractivity contribution in [3.63, 3.8) is 0 Å². The van der Waals surface area contributed by atoms with Crippen molar-refractivity contribution in [3.8, 4) is 5.75 Å². The first-order valence-electron chi connectivity index (χ1n) is 5.30. The second-order valence-corrected chi connectivity index (χ2v) is 3.56. The van der Waals surface area contributed by atoms with Crippen LogP contribution in [0.3, 0.4) is 0 Å². The molecule has 1 atom stereocenters. The molecule has 0 bridgehead atoms. The predicted molar refractivity (Wildman–Crippen MR) is 62.9 cm³/mol. The summed E-state index contributed by atoms with van der Waals surface area (Å²) in [6.45, 7) is 1.96. The Morgan fingerprint density at radius 3 is 2.88 bits per heavy atom. The molecular weight excluding hydrogens is 206 g/mol. The van der Waals surface area contributed by atoms with Crippen molar-refractivity contribution in [3.05, 3.63) is 24.3 Å². The van der Waals surface area contributed by atoms with Gasteiger partial charge in [0.05, 0.1) is 7.11 Å². The summed E-state index contributed by atoms with van der Waals surface area (Å²) in [5.41, 5.74) is 0.764. The van der Waals surface area contributed by atoms with E-state index in [4.69, 9.17) is 9.84 Å². The molecule has 0 aromatic heterocycles. The SMILES string of the molecule is CCC[C@H](Nc1cccc(OC)c1)C(=O)O.